The zero-order valence-electron chi connectivity index (χ0n) is 10.2. The molecule has 0 aromatic carbocycles. The van der Waals surface area contributed by atoms with Crippen LogP contribution in [0.25, 0.3) is 0 Å². The molecule has 0 aliphatic heterocycles. The molecule has 15 heavy (non-hydrogen) atoms. The van der Waals surface area contributed by atoms with Crippen molar-refractivity contribution in [3.05, 3.63) is 0 Å². The summed E-state index contributed by atoms with van der Waals surface area (Å²) in [5.41, 5.74) is -0.873. The average Bonchev–Trinajstić information content (AvgIpc) is 2.16. The number of aliphatic hydroxyl groups is 1. The molecule has 0 aliphatic rings. The number of aliphatic hydroxyl groups excluding tert-OH is 1. The monoisotopic (exact) mass is 218 g/mol. The molecule has 0 radical (unpaired) electrons. The Bertz CT molecular complexity index is 199. The maximum absolute atomic E-state index is 11.6. The number of carbonyl (C=O) groups is 1. The van der Waals surface area contributed by atoms with Gasteiger partial charge < -0.3 is 14.6 Å². The summed E-state index contributed by atoms with van der Waals surface area (Å²) in [6.45, 7) is 7.71. The Morgan fingerprint density at radius 1 is 1.33 bits per heavy atom. The van der Waals surface area contributed by atoms with E-state index in [0.717, 1.165) is 0 Å². The summed E-state index contributed by atoms with van der Waals surface area (Å²) >= 11 is 0. The first-order valence-corrected chi connectivity index (χ1v) is 5.18. The second kappa shape index (κ2) is 6.08. The van der Waals surface area contributed by atoms with Gasteiger partial charge in [0.1, 0.15) is 6.61 Å². The molecule has 0 saturated heterocycles. The molecule has 0 saturated carbocycles. The molecule has 0 aromatic heterocycles. The molecule has 1 unspecified atom stereocenters. The van der Waals surface area contributed by atoms with Gasteiger partial charge in [0, 0.05) is 7.11 Å². The van der Waals surface area contributed by atoms with Crippen LogP contribution in [0.15, 0.2) is 0 Å². The molecule has 0 spiro atoms. The molecule has 1 N–H and O–H groups in total. The zero-order valence-corrected chi connectivity index (χ0v) is 10.2. The lowest BCUT2D eigenvalue weighted by molar-refractivity contribution is -0.163. The van der Waals surface area contributed by atoms with Gasteiger partial charge in [0.05, 0.1) is 18.1 Å². The number of rotatable bonds is 6. The molecular weight excluding hydrogens is 196 g/mol. The number of hydrogen-bond acceptors (Lipinski definition) is 4. The van der Waals surface area contributed by atoms with Gasteiger partial charge in [-0.3, -0.25) is 4.79 Å². The molecule has 90 valence electrons. The van der Waals surface area contributed by atoms with Gasteiger partial charge >= 0.3 is 5.97 Å². The van der Waals surface area contributed by atoms with Gasteiger partial charge in [0.2, 0.25) is 0 Å². The van der Waals surface area contributed by atoms with Crippen molar-refractivity contribution >= 4 is 5.97 Å². The lowest BCUT2D eigenvalue weighted by Crippen LogP contribution is -2.41. The standard InChI is InChI=1S/C11H22O4/c1-8(2)9(12)11(3,4)10(13)15-7-6-14-5/h8-9,12H,6-7H2,1-5H3. The molecule has 0 aromatic rings. The molecule has 0 amide bonds. The van der Waals surface area contributed by atoms with Crippen LogP contribution in [0.4, 0.5) is 0 Å². The fourth-order valence-corrected chi connectivity index (χ4v) is 1.36. The maximum Gasteiger partial charge on any atom is 0.314 e. The summed E-state index contributed by atoms with van der Waals surface area (Å²) < 4.78 is 9.77. The number of ether oxygens (including phenoxy) is 2. The Kier molecular flexibility index (Phi) is 5.83. The molecular formula is C11H22O4. The Morgan fingerprint density at radius 2 is 1.87 bits per heavy atom. The summed E-state index contributed by atoms with van der Waals surface area (Å²) in [4.78, 5) is 11.6. The lowest BCUT2D eigenvalue weighted by atomic mass is 9.81. The van der Waals surface area contributed by atoms with E-state index in [-0.39, 0.29) is 18.5 Å². The van der Waals surface area contributed by atoms with Crippen molar-refractivity contribution in [3.8, 4) is 0 Å². The van der Waals surface area contributed by atoms with Gasteiger partial charge in [0.25, 0.3) is 0 Å². The fourth-order valence-electron chi connectivity index (χ4n) is 1.36. The quantitative estimate of drug-likeness (QED) is 0.538. The first kappa shape index (κ1) is 14.4. The van der Waals surface area contributed by atoms with E-state index in [0.29, 0.717) is 6.61 Å². The zero-order chi connectivity index (χ0) is 12.1. The Labute approximate surface area is 91.6 Å². The molecule has 0 bridgehead atoms. The lowest BCUT2D eigenvalue weighted by Gasteiger charge is -2.30. The van der Waals surface area contributed by atoms with E-state index in [2.05, 4.69) is 0 Å². The van der Waals surface area contributed by atoms with Crippen molar-refractivity contribution in [2.24, 2.45) is 11.3 Å². The normalized spacial score (nSPS) is 14.1. The van der Waals surface area contributed by atoms with Gasteiger partial charge in [-0.2, -0.15) is 0 Å². The van der Waals surface area contributed by atoms with Crippen molar-refractivity contribution in [1.82, 2.24) is 0 Å². The van der Waals surface area contributed by atoms with Crippen LogP contribution < -0.4 is 0 Å². The number of methoxy groups -OCH3 is 1. The maximum atomic E-state index is 11.6. The van der Waals surface area contributed by atoms with Crippen molar-refractivity contribution in [3.63, 3.8) is 0 Å². The first-order valence-electron chi connectivity index (χ1n) is 5.18. The van der Waals surface area contributed by atoms with Crippen molar-refractivity contribution in [1.29, 1.82) is 0 Å². The van der Waals surface area contributed by atoms with E-state index in [4.69, 9.17) is 9.47 Å². The third kappa shape index (κ3) is 4.18. The first-order chi connectivity index (χ1) is 6.84. The van der Waals surface area contributed by atoms with Crippen LogP contribution in [-0.4, -0.2) is 37.5 Å². The smallest absolute Gasteiger partial charge is 0.314 e. The highest BCUT2D eigenvalue weighted by atomic mass is 16.6. The van der Waals surface area contributed by atoms with Crippen molar-refractivity contribution in [2.45, 2.75) is 33.8 Å². The van der Waals surface area contributed by atoms with E-state index in [1.165, 1.54) is 0 Å². The predicted octanol–water partition coefficient (Wildman–Crippen LogP) is 1.22. The Balaban J connectivity index is 4.25. The van der Waals surface area contributed by atoms with E-state index in [1.807, 2.05) is 13.8 Å². The summed E-state index contributed by atoms with van der Waals surface area (Å²) in [6.07, 6.45) is -0.701. The molecule has 4 nitrogen and oxygen atoms in total. The second-order valence-corrected chi connectivity index (χ2v) is 4.54. The van der Waals surface area contributed by atoms with Gasteiger partial charge in [-0.1, -0.05) is 13.8 Å². The molecule has 0 aliphatic carbocycles. The highest BCUT2D eigenvalue weighted by molar-refractivity contribution is 5.76. The molecule has 0 heterocycles. The van der Waals surface area contributed by atoms with E-state index in [9.17, 15) is 9.90 Å². The summed E-state index contributed by atoms with van der Waals surface area (Å²) in [6, 6.07) is 0. The highest BCUT2D eigenvalue weighted by Gasteiger charge is 2.38. The number of esters is 1. The summed E-state index contributed by atoms with van der Waals surface area (Å²) in [7, 11) is 1.54. The predicted molar refractivity (Wildman–Crippen MR) is 57.5 cm³/mol. The topological polar surface area (TPSA) is 55.8 Å². The number of carbonyl (C=O) groups excluding carboxylic acids is 1. The largest absolute Gasteiger partial charge is 0.463 e. The third-order valence-corrected chi connectivity index (χ3v) is 2.42. The average molecular weight is 218 g/mol. The Hall–Kier alpha value is -0.610. The molecule has 4 heteroatoms. The van der Waals surface area contributed by atoms with Gasteiger partial charge in [-0.05, 0) is 19.8 Å². The van der Waals surface area contributed by atoms with Crippen LogP contribution in [0.2, 0.25) is 0 Å². The second-order valence-electron chi connectivity index (χ2n) is 4.54. The van der Waals surface area contributed by atoms with E-state index >= 15 is 0 Å². The van der Waals surface area contributed by atoms with Crippen LogP contribution in [0.1, 0.15) is 27.7 Å². The minimum absolute atomic E-state index is 0.0231. The van der Waals surface area contributed by atoms with Crippen LogP contribution in [0, 0.1) is 11.3 Å². The van der Waals surface area contributed by atoms with E-state index in [1.54, 1.807) is 21.0 Å². The van der Waals surface area contributed by atoms with Crippen LogP contribution in [0.5, 0.6) is 0 Å². The van der Waals surface area contributed by atoms with Crippen LogP contribution in [0.3, 0.4) is 0 Å². The van der Waals surface area contributed by atoms with Crippen LogP contribution >= 0.6 is 0 Å². The van der Waals surface area contributed by atoms with Crippen LogP contribution in [-0.2, 0) is 14.3 Å². The van der Waals surface area contributed by atoms with Gasteiger partial charge in [0.15, 0.2) is 0 Å². The minimum atomic E-state index is -0.873. The molecule has 0 rings (SSSR count). The highest BCUT2D eigenvalue weighted by Crippen LogP contribution is 2.27. The minimum Gasteiger partial charge on any atom is -0.463 e. The fraction of sp³-hybridized carbons (Fsp3) is 0.909. The van der Waals surface area contributed by atoms with Gasteiger partial charge in [-0.15, -0.1) is 0 Å². The van der Waals surface area contributed by atoms with Crippen molar-refractivity contribution < 1.29 is 19.4 Å². The Morgan fingerprint density at radius 3 is 2.27 bits per heavy atom. The van der Waals surface area contributed by atoms with E-state index < -0.39 is 11.5 Å². The van der Waals surface area contributed by atoms with Crippen molar-refractivity contribution in [2.75, 3.05) is 20.3 Å². The molecule has 0 fully saturated rings. The summed E-state index contributed by atoms with van der Waals surface area (Å²) in [5, 5.41) is 9.85. The summed E-state index contributed by atoms with van der Waals surface area (Å²) in [5.74, 6) is -0.365. The molecule has 1 atom stereocenters. The SMILES string of the molecule is COCCOC(=O)C(C)(C)C(O)C(C)C. The van der Waals surface area contributed by atoms with Gasteiger partial charge in [-0.25, -0.2) is 0 Å². The third-order valence-electron chi connectivity index (χ3n) is 2.42. The number of hydrogen-bond donors (Lipinski definition) is 1.